The van der Waals surface area contributed by atoms with E-state index in [1.165, 1.54) is 0 Å². The van der Waals surface area contributed by atoms with Crippen molar-refractivity contribution in [3.05, 3.63) is 23.9 Å². The Balaban J connectivity index is 1.90. The number of hydrogen-bond donors (Lipinski definition) is 1. The van der Waals surface area contributed by atoms with E-state index in [1.54, 1.807) is 0 Å². The van der Waals surface area contributed by atoms with Crippen LogP contribution < -0.4 is 10.2 Å². The minimum atomic E-state index is 0.156. The van der Waals surface area contributed by atoms with Crippen molar-refractivity contribution in [2.75, 3.05) is 18.0 Å². The molecule has 0 atom stereocenters. The maximum absolute atomic E-state index is 12.0. The molecule has 2 heterocycles. The van der Waals surface area contributed by atoms with E-state index < -0.39 is 0 Å². The Labute approximate surface area is 115 Å². The summed E-state index contributed by atoms with van der Waals surface area (Å²) in [5, 5.41) is 3.00. The molecule has 104 valence electrons. The maximum atomic E-state index is 12.0. The fourth-order valence-corrected chi connectivity index (χ4v) is 2.48. The van der Waals surface area contributed by atoms with E-state index in [-0.39, 0.29) is 17.9 Å². The smallest absolute Gasteiger partial charge is 0.223 e. The van der Waals surface area contributed by atoms with Crippen molar-refractivity contribution in [3.8, 4) is 0 Å². The van der Waals surface area contributed by atoms with E-state index in [0.29, 0.717) is 0 Å². The van der Waals surface area contributed by atoms with Gasteiger partial charge in [-0.1, -0.05) is 6.07 Å². The molecule has 0 bridgehead atoms. The van der Waals surface area contributed by atoms with Gasteiger partial charge >= 0.3 is 0 Å². The second-order valence-electron chi connectivity index (χ2n) is 5.56. The second kappa shape index (κ2) is 6.04. The third-order valence-corrected chi connectivity index (χ3v) is 3.49. The normalized spacial score (nSPS) is 16.7. The highest BCUT2D eigenvalue weighted by Crippen LogP contribution is 2.22. The Hall–Kier alpha value is -1.58. The van der Waals surface area contributed by atoms with Gasteiger partial charge in [-0.05, 0) is 45.7 Å². The van der Waals surface area contributed by atoms with Crippen molar-refractivity contribution >= 4 is 11.7 Å². The van der Waals surface area contributed by atoms with Gasteiger partial charge in [-0.3, -0.25) is 4.79 Å². The summed E-state index contributed by atoms with van der Waals surface area (Å²) in [6, 6.07) is 6.31. The fourth-order valence-electron chi connectivity index (χ4n) is 2.48. The van der Waals surface area contributed by atoms with E-state index >= 15 is 0 Å². The van der Waals surface area contributed by atoms with Gasteiger partial charge in [0.25, 0.3) is 0 Å². The maximum Gasteiger partial charge on any atom is 0.223 e. The quantitative estimate of drug-likeness (QED) is 0.906. The van der Waals surface area contributed by atoms with Crippen molar-refractivity contribution in [2.45, 2.75) is 39.7 Å². The summed E-state index contributed by atoms with van der Waals surface area (Å²) in [6.45, 7) is 7.83. The average Bonchev–Trinajstić information content (AvgIpc) is 2.38. The summed E-state index contributed by atoms with van der Waals surface area (Å²) in [6.07, 6.45) is 1.82. The van der Waals surface area contributed by atoms with Crippen LogP contribution in [0.1, 0.15) is 32.4 Å². The molecule has 1 saturated heterocycles. The summed E-state index contributed by atoms with van der Waals surface area (Å²) >= 11 is 0. The number of amides is 1. The predicted octanol–water partition coefficient (Wildman–Crippen LogP) is 2.13. The molecular formula is C15H23N3O. The van der Waals surface area contributed by atoms with Gasteiger partial charge in [0, 0.05) is 30.7 Å². The first-order valence-corrected chi connectivity index (χ1v) is 7.05. The Kier molecular flexibility index (Phi) is 4.40. The first-order chi connectivity index (χ1) is 9.06. The van der Waals surface area contributed by atoms with Crippen LogP contribution in [-0.2, 0) is 4.79 Å². The lowest BCUT2D eigenvalue weighted by Gasteiger charge is -2.32. The van der Waals surface area contributed by atoms with Crippen LogP contribution in [0.25, 0.3) is 0 Å². The van der Waals surface area contributed by atoms with E-state index in [2.05, 4.69) is 15.2 Å². The van der Waals surface area contributed by atoms with Crippen molar-refractivity contribution in [3.63, 3.8) is 0 Å². The molecule has 2 rings (SSSR count). The number of pyridine rings is 1. The van der Waals surface area contributed by atoms with Crippen LogP contribution in [0.2, 0.25) is 0 Å². The molecule has 0 saturated carbocycles. The van der Waals surface area contributed by atoms with Crippen molar-refractivity contribution in [1.82, 2.24) is 10.3 Å². The standard InChI is InChI=1S/C15H23N3O/c1-11(2)16-15(19)13-7-9-18(10-8-13)14-6-4-5-12(3)17-14/h4-6,11,13H,7-10H2,1-3H3,(H,16,19). The number of hydrogen-bond acceptors (Lipinski definition) is 3. The molecule has 0 unspecified atom stereocenters. The Morgan fingerprint density at radius 3 is 2.63 bits per heavy atom. The SMILES string of the molecule is Cc1cccc(N2CCC(C(=O)NC(C)C)CC2)n1. The number of aryl methyl sites for hydroxylation is 1. The Bertz CT molecular complexity index is 437. The number of carbonyl (C=O) groups excluding carboxylic acids is 1. The van der Waals surface area contributed by atoms with Gasteiger partial charge in [0.2, 0.25) is 5.91 Å². The molecule has 0 aliphatic carbocycles. The minimum absolute atomic E-state index is 0.156. The number of piperidine rings is 1. The number of rotatable bonds is 3. The summed E-state index contributed by atoms with van der Waals surface area (Å²) in [7, 11) is 0. The van der Waals surface area contributed by atoms with Crippen LogP contribution in [0, 0.1) is 12.8 Å². The topological polar surface area (TPSA) is 45.2 Å². The predicted molar refractivity (Wildman–Crippen MR) is 77.2 cm³/mol. The number of nitrogens with zero attached hydrogens (tertiary/aromatic N) is 2. The van der Waals surface area contributed by atoms with E-state index in [9.17, 15) is 4.79 Å². The third kappa shape index (κ3) is 3.69. The molecule has 1 fully saturated rings. The number of nitrogens with one attached hydrogen (secondary N) is 1. The highest BCUT2D eigenvalue weighted by Gasteiger charge is 2.25. The number of aromatic nitrogens is 1. The zero-order chi connectivity index (χ0) is 13.8. The van der Waals surface area contributed by atoms with Crippen LogP contribution in [0.15, 0.2) is 18.2 Å². The third-order valence-electron chi connectivity index (χ3n) is 3.49. The van der Waals surface area contributed by atoms with Crippen LogP contribution >= 0.6 is 0 Å². The molecule has 1 aromatic rings. The molecule has 1 amide bonds. The Morgan fingerprint density at radius 2 is 2.05 bits per heavy atom. The fraction of sp³-hybridized carbons (Fsp3) is 0.600. The molecule has 4 heteroatoms. The minimum Gasteiger partial charge on any atom is -0.357 e. The molecule has 1 aliphatic rings. The largest absolute Gasteiger partial charge is 0.357 e. The zero-order valence-electron chi connectivity index (χ0n) is 12.0. The number of anilines is 1. The van der Waals surface area contributed by atoms with Gasteiger partial charge < -0.3 is 10.2 Å². The Morgan fingerprint density at radius 1 is 1.37 bits per heavy atom. The van der Waals surface area contributed by atoms with Gasteiger partial charge in [0.15, 0.2) is 0 Å². The van der Waals surface area contributed by atoms with Gasteiger partial charge in [-0.25, -0.2) is 4.98 Å². The first kappa shape index (κ1) is 13.8. The summed E-state index contributed by atoms with van der Waals surface area (Å²) in [4.78, 5) is 18.8. The molecule has 0 radical (unpaired) electrons. The lowest BCUT2D eigenvalue weighted by molar-refractivity contribution is -0.126. The molecule has 0 aromatic carbocycles. The lowest BCUT2D eigenvalue weighted by Crippen LogP contribution is -2.42. The van der Waals surface area contributed by atoms with Crippen LogP contribution in [-0.4, -0.2) is 30.0 Å². The number of carbonyl (C=O) groups is 1. The van der Waals surface area contributed by atoms with Crippen LogP contribution in [0.3, 0.4) is 0 Å². The molecule has 4 nitrogen and oxygen atoms in total. The van der Waals surface area contributed by atoms with E-state index in [4.69, 9.17) is 0 Å². The van der Waals surface area contributed by atoms with Crippen LogP contribution in [0.4, 0.5) is 5.82 Å². The van der Waals surface area contributed by atoms with Gasteiger partial charge in [-0.2, -0.15) is 0 Å². The van der Waals surface area contributed by atoms with Gasteiger partial charge in [-0.15, -0.1) is 0 Å². The second-order valence-corrected chi connectivity index (χ2v) is 5.56. The lowest BCUT2D eigenvalue weighted by atomic mass is 9.95. The van der Waals surface area contributed by atoms with Gasteiger partial charge in [0.1, 0.15) is 5.82 Å². The first-order valence-electron chi connectivity index (χ1n) is 7.05. The summed E-state index contributed by atoms with van der Waals surface area (Å²) in [5.74, 6) is 1.39. The van der Waals surface area contributed by atoms with Crippen molar-refractivity contribution in [1.29, 1.82) is 0 Å². The van der Waals surface area contributed by atoms with E-state index in [1.807, 2.05) is 39.0 Å². The molecule has 0 spiro atoms. The molecular weight excluding hydrogens is 238 g/mol. The molecule has 1 N–H and O–H groups in total. The zero-order valence-corrected chi connectivity index (χ0v) is 12.0. The average molecular weight is 261 g/mol. The van der Waals surface area contributed by atoms with E-state index in [0.717, 1.165) is 37.4 Å². The summed E-state index contributed by atoms with van der Waals surface area (Å²) in [5.41, 5.74) is 1.04. The monoisotopic (exact) mass is 261 g/mol. The molecule has 1 aliphatic heterocycles. The summed E-state index contributed by atoms with van der Waals surface area (Å²) < 4.78 is 0. The van der Waals surface area contributed by atoms with Crippen molar-refractivity contribution in [2.24, 2.45) is 5.92 Å². The molecule has 1 aromatic heterocycles. The molecule has 19 heavy (non-hydrogen) atoms. The highest BCUT2D eigenvalue weighted by molar-refractivity contribution is 5.79. The van der Waals surface area contributed by atoms with Crippen LogP contribution in [0.5, 0.6) is 0 Å². The van der Waals surface area contributed by atoms with Gasteiger partial charge in [0.05, 0.1) is 0 Å². The van der Waals surface area contributed by atoms with Crippen molar-refractivity contribution < 1.29 is 4.79 Å². The highest BCUT2D eigenvalue weighted by atomic mass is 16.1.